The van der Waals surface area contributed by atoms with E-state index in [2.05, 4.69) is 24.3 Å². The summed E-state index contributed by atoms with van der Waals surface area (Å²) in [5, 5.41) is 7.93. The standard InChI is InChI=1S/C15H29N3O3/c1-5-8-18-15(14(20-4)12-17-18)13(16-6-2)7-9-21-11-10-19-3/h12-13,16H,5-11H2,1-4H3. The van der Waals surface area contributed by atoms with Crippen molar-refractivity contribution >= 4 is 0 Å². The van der Waals surface area contributed by atoms with Gasteiger partial charge in [0.1, 0.15) is 0 Å². The van der Waals surface area contributed by atoms with Crippen LogP contribution in [0.5, 0.6) is 5.75 Å². The predicted molar refractivity (Wildman–Crippen MR) is 82.8 cm³/mol. The number of aromatic nitrogens is 2. The Balaban J connectivity index is 2.71. The average molecular weight is 299 g/mol. The highest BCUT2D eigenvalue weighted by Crippen LogP contribution is 2.27. The Hall–Kier alpha value is -1.11. The third kappa shape index (κ3) is 5.65. The van der Waals surface area contributed by atoms with E-state index in [0.717, 1.165) is 37.4 Å². The molecule has 0 spiro atoms. The summed E-state index contributed by atoms with van der Waals surface area (Å²) < 4.78 is 18.1. The van der Waals surface area contributed by atoms with E-state index >= 15 is 0 Å². The van der Waals surface area contributed by atoms with Crippen LogP contribution >= 0.6 is 0 Å². The number of rotatable bonds is 12. The molecule has 1 unspecified atom stereocenters. The summed E-state index contributed by atoms with van der Waals surface area (Å²) in [6.07, 6.45) is 3.71. The highest BCUT2D eigenvalue weighted by atomic mass is 16.5. The van der Waals surface area contributed by atoms with E-state index in [1.165, 1.54) is 0 Å². The molecule has 1 aromatic heterocycles. The number of hydrogen-bond acceptors (Lipinski definition) is 5. The first-order valence-corrected chi connectivity index (χ1v) is 7.68. The normalized spacial score (nSPS) is 12.6. The van der Waals surface area contributed by atoms with E-state index in [1.54, 1.807) is 20.4 Å². The third-order valence-electron chi connectivity index (χ3n) is 3.26. The molecule has 0 saturated carbocycles. The van der Waals surface area contributed by atoms with Crippen LogP contribution in [0.4, 0.5) is 0 Å². The topological polar surface area (TPSA) is 57.5 Å². The van der Waals surface area contributed by atoms with Crippen molar-refractivity contribution in [3.05, 3.63) is 11.9 Å². The minimum atomic E-state index is 0.182. The fourth-order valence-electron chi connectivity index (χ4n) is 2.30. The molecular weight excluding hydrogens is 270 g/mol. The monoisotopic (exact) mass is 299 g/mol. The van der Waals surface area contributed by atoms with Crippen LogP contribution in [-0.4, -0.2) is 50.4 Å². The second-order valence-electron chi connectivity index (χ2n) is 4.83. The number of aryl methyl sites for hydroxylation is 1. The zero-order valence-electron chi connectivity index (χ0n) is 13.7. The molecule has 1 heterocycles. The molecule has 1 N–H and O–H groups in total. The Bertz CT molecular complexity index is 382. The number of ether oxygens (including phenoxy) is 3. The van der Waals surface area contributed by atoms with Crippen LogP contribution in [0.15, 0.2) is 6.20 Å². The van der Waals surface area contributed by atoms with Crippen molar-refractivity contribution in [2.24, 2.45) is 0 Å². The lowest BCUT2D eigenvalue weighted by atomic mass is 10.1. The SMILES string of the molecule is CCCn1ncc(OC)c1C(CCOCCOC)NCC. The molecule has 1 aromatic rings. The molecule has 0 aliphatic heterocycles. The molecule has 0 saturated heterocycles. The highest BCUT2D eigenvalue weighted by Gasteiger charge is 2.21. The minimum Gasteiger partial charge on any atom is -0.493 e. The second-order valence-corrected chi connectivity index (χ2v) is 4.83. The first-order chi connectivity index (χ1) is 10.3. The zero-order valence-corrected chi connectivity index (χ0v) is 13.7. The molecule has 1 atom stereocenters. The summed E-state index contributed by atoms with van der Waals surface area (Å²) in [6.45, 7) is 7.97. The first kappa shape index (κ1) is 17.9. The number of hydrogen-bond donors (Lipinski definition) is 1. The van der Waals surface area contributed by atoms with Crippen LogP contribution in [-0.2, 0) is 16.0 Å². The smallest absolute Gasteiger partial charge is 0.161 e. The maximum Gasteiger partial charge on any atom is 0.161 e. The maximum atomic E-state index is 5.59. The number of nitrogens with one attached hydrogen (secondary N) is 1. The Morgan fingerprint density at radius 3 is 2.67 bits per heavy atom. The lowest BCUT2D eigenvalue weighted by molar-refractivity contribution is 0.0653. The Morgan fingerprint density at radius 1 is 1.24 bits per heavy atom. The molecule has 6 heteroatoms. The highest BCUT2D eigenvalue weighted by molar-refractivity contribution is 5.28. The number of nitrogens with zero attached hydrogens (tertiary/aromatic N) is 2. The van der Waals surface area contributed by atoms with Crippen molar-refractivity contribution in [1.82, 2.24) is 15.1 Å². The summed E-state index contributed by atoms with van der Waals surface area (Å²) >= 11 is 0. The molecule has 21 heavy (non-hydrogen) atoms. The van der Waals surface area contributed by atoms with Gasteiger partial charge in [0.15, 0.2) is 5.75 Å². The first-order valence-electron chi connectivity index (χ1n) is 7.68. The van der Waals surface area contributed by atoms with E-state index in [1.807, 2.05) is 4.68 Å². The van der Waals surface area contributed by atoms with Gasteiger partial charge >= 0.3 is 0 Å². The van der Waals surface area contributed by atoms with Gasteiger partial charge in [0.05, 0.1) is 38.3 Å². The zero-order chi connectivity index (χ0) is 15.5. The molecule has 0 aromatic carbocycles. The van der Waals surface area contributed by atoms with Gasteiger partial charge in [-0.05, 0) is 19.4 Å². The van der Waals surface area contributed by atoms with Crippen LogP contribution in [0.1, 0.15) is 38.4 Å². The van der Waals surface area contributed by atoms with E-state index in [0.29, 0.717) is 19.8 Å². The molecule has 0 fully saturated rings. The van der Waals surface area contributed by atoms with Gasteiger partial charge in [0.25, 0.3) is 0 Å². The van der Waals surface area contributed by atoms with Crippen LogP contribution < -0.4 is 10.1 Å². The van der Waals surface area contributed by atoms with Gasteiger partial charge in [0.2, 0.25) is 0 Å². The van der Waals surface area contributed by atoms with Crippen molar-refractivity contribution in [1.29, 1.82) is 0 Å². The lowest BCUT2D eigenvalue weighted by Crippen LogP contribution is -2.26. The van der Waals surface area contributed by atoms with Gasteiger partial charge in [0, 0.05) is 20.3 Å². The molecule has 0 aliphatic carbocycles. The fourth-order valence-corrected chi connectivity index (χ4v) is 2.30. The molecule has 0 bridgehead atoms. The Morgan fingerprint density at radius 2 is 2.05 bits per heavy atom. The van der Waals surface area contributed by atoms with E-state index in [9.17, 15) is 0 Å². The van der Waals surface area contributed by atoms with Crippen molar-refractivity contribution in [2.45, 2.75) is 39.3 Å². The molecule has 0 aliphatic rings. The Kier molecular flexibility index (Phi) is 9.05. The molecule has 0 amide bonds. The third-order valence-corrected chi connectivity index (χ3v) is 3.26. The minimum absolute atomic E-state index is 0.182. The number of methoxy groups -OCH3 is 2. The van der Waals surface area contributed by atoms with Gasteiger partial charge in [-0.25, -0.2) is 0 Å². The Labute approximate surface area is 127 Å². The van der Waals surface area contributed by atoms with Gasteiger partial charge < -0.3 is 19.5 Å². The summed E-state index contributed by atoms with van der Waals surface area (Å²) in [6, 6.07) is 0.182. The van der Waals surface area contributed by atoms with Crippen molar-refractivity contribution in [3.63, 3.8) is 0 Å². The van der Waals surface area contributed by atoms with Crippen LogP contribution in [0.3, 0.4) is 0 Å². The molecule has 0 radical (unpaired) electrons. The molecular formula is C15H29N3O3. The fraction of sp³-hybridized carbons (Fsp3) is 0.800. The predicted octanol–water partition coefficient (Wildman–Crippen LogP) is 2.01. The van der Waals surface area contributed by atoms with Crippen LogP contribution in [0.2, 0.25) is 0 Å². The average Bonchev–Trinajstić information content (AvgIpc) is 2.89. The maximum absolute atomic E-state index is 5.59. The summed E-state index contributed by atoms with van der Waals surface area (Å²) in [4.78, 5) is 0. The van der Waals surface area contributed by atoms with E-state index in [4.69, 9.17) is 14.2 Å². The summed E-state index contributed by atoms with van der Waals surface area (Å²) in [5.41, 5.74) is 1.11. The largest absolute Gasteiger partial charge is 0.493 e. The van der Waals surface area contributed by atoms with Crippen molar-refractivity contribution in [3.8, 4) is 5.75 Å². The van der Waals surface area contributed by atoms with Crippen LogP contribution in [0.25, 0.3) is 0 Å². The molecule has 122 valence electrons. The second kappa shape index (κ2) is 10.6. The van der Waals surface area contributed by atoms with Gasteiger partial charge in [-0.3, -0.25) is 4.68 Å². The molecule has 6 nitrogen and oxygen atoms in total. The lowest BCUT2D eigenvalue weighted by Gasteiger charge is -2.20. The molecule has 1 rings (SSSR count). The van der Waals surface area contributed by atoms with Gasteiger partial charge in [-0.1, -0.05) is 13.8 Å². The van der Waals surface area contributed by atoms with Gasteiger partial charge in [-0.15, -0.1) is 0 Å². The van der Waals surface area contributed by atoms with Crippen LogP contribution in [0, 0.1) is 0 Å². The summed E-state index contributed by atoms with van der Waals surface area (Å²) in [7, 11) is 3.37. The van der Waals surface area contributed by atoms with E-state index < -0.39 is 0 Å². The van der Waals surface area contributed by atoms with Gasteiger partial charge in [-0.2, -0.15) is 5.10 Å². The van der Waals surface area contributed by atoms with Crippen molar-refractivity contribution in [2.75, 3.05) is 40.6 Å². The summed E-state index contributed by atoms with van der Waals surface area (Å²) in [5.74, 6) is 0.839. The van der Waals surface area contributed by atoms with E-state index in [-0.39, 0.29) is 6.04 Å². The quantitative estimate of drug-likeness (QED) is 0.598. The van der Waals surface area contributed by atoms with Crippen molar-refractivity contribution < 1.29 is 14.2 Å².